The van der Waals surface area contributed by atoms with Crippen molar-refractivity contribution >= 4 is 22.2 Å². The minimum absolute atomic E-state index is 0.167. The molecule has 0 unspecified atom stereocenters. The van der Waals surface area contributed by atoms with Crippen molar-refractivity contribution in [1.82, 2.24) is 19.7 Å². The quantitative estimate of drug-likeness (QED) is 0.352. The molecule has 0 spiro atoms. The summed E-state index contributed by atoms with van der Waals surface area (Å²) in [5, 5.41) is 3.17. The van der Waals surface area contributed by atoms with Gasteiger partial charge in [0.25, 0.3) is 5.56 Å². The Kier molecular flexibility index (Phi) is 5.83. The predicted octanol–water partition coefficient (Wildman–Crippen LogP) is 4.95. The molecule has 3 aromatic heterocycles. The lowest BCUT2D eigenvalue weighted by Gasteiger charge is -2.31. The summed E-state index contributed by atoms with van der Waals surface area (Å²) < 4.78 is 49.6. The molecule has 6 rings (SSSR count). The molecule has 0 bridgehead atoms. The summed E-state index contributed by atoms with van der Waals surface area (Å²) in [5.74, 6) is 0.485. The van der Waals surface area contributed by atoms with Crippen molar-refractivity contribution in [2.45, 2.75) is 6.18 Å². The highest BCUT2D eigenvalue weighted by Gasteiger charge is 2.35. The smallest absolute Gasteiger partial charge is 0.418 e. The Balaban J connectivity index is 1.54. The van der Waals surface area contributed by atoms with Crippen LogP contribution in [0.4, 0.5) is 18.9 Å². The first-order chi connectivity index (χ1) is 18.3. The number of alkyl halides is 3. The van der Waals surface area contributed by atoms with Crippen LogP contribution in [0.15, 0.2) is 71.7 Å². The zero-order valence-electron chi connectivity index (χ0n) is 20.5. The van der Waals surface area contributed by atoms with E-state index >= 15 is 0 Å². The van der Waals surface area contributed by atoms with Crippen LogP contribution in [-0.4, -0.2) is 47.7 Å². The molecule has 0 saturated carbocycles. The highest BCUT2D eigenvalue weighted by molar-refractivity contribution is 5.87. The number of fused-ring (bicyclic) bond motifs is 3. The van der Waals surface area contributed by atoms with E-state index in [1.807, 2.05) is 18.2 Å². The number of anilines is 1. The van der Waals surface area contributed by atoms with E-state index in [0.29, 0.717) is 59.9 Å². The van der Waals surface area contributed by atoms with E-state index in [2.05, 4.69) is 15.3 Å². The van der Waals surface area contributed by atoms with Crippen LogP contribution in [-0.2, 0) is 6.18 Å². The Bertz CT molecular complexity index is 1700. The van der Waals surface area contributed by atoms with Crippen LogP contribution < -0.4 is 20.5 Å². The van der Waals surface area contributed by atoms with Crippen LogP contribution in [0, 0.1) is 0 Å². The van der Waals surface area contributed by atoms with Crippen molar-refractivity contribution in [2.24, 2.45) is 0 Å². The number of ether oxygens (including phenoxy) is 1. The maximum Gasteiger partial charge on any atom is 0.418 e. The van der Waals surface area contributed by atoms with Crippen LogP contribution in [0.5, 0.6) is 5.88 Å². The molecule has 194 valence electrons. The first-order valence-corrected chi connectivity index (χ1v) is 12.2. The van der Waals surface area contributed by atoms with Crippen LogP contribution in [0.2, 0.25) is 0 Å². The molecule has 1 aliphatic heterocycles. The largest absolute Gasteiger partial charge is 0.481 e. The number of rotatable bonds is 4. The monoisotopic (exact) mass is 519 g/mol. The topological polar surface area (TPSA) is 74.7 Å². The van der Waals surface area contributed by atoms with E-state index in [1.165, 1.54) is 12.1 Å². The SMILES string of the molecule is COc1ccc(-c2ccc3[nH]c(=O)c4ccc(-c5ccc(N6CCNCC6)c(C(F)(F)F)c5)n4c3c2)cn1. The molecule has 1 saturated heterocycles. The average Bonchev–Trinajstić information content (AvgIpc) is 3.39. The van der Waals surface area contributed by atoms with Gasteiger partial charge in [0.2, 0.25) is 5.88 Å². The number of hydrogen-bond donors (Lipinski definition) is 2. The van der Waals surface area contributed by atoms with E-state index in [4.69, 9.17) is 4.74 Å². The number of piperazine rings is 1. The molecule has 10 heteroatoms. The van der Waals surface area contributed by atoms with Gasteiger partial charge in [0, 0.05) is 49.7 Å². The molecular formula is C28H24F3N5O2. The molecule has 1 aliphatic rings. The lowest BCUT2D eigenvalue weighted by molar-refractivity contribution is -0.137. The van der Waals surface area contributed by atoms with Crippen molar-refractivity contribution in [3.8, 4) is 28.3 Å². The summed E-state index contributed by atoms with van der Waals surface area (Å²) >= 11 is 0. The van der Waals surface area contributed by atoms with Crippen LogP contribution in [0.25, 0.3) is 38.9 Å². The summed E-state index contributed by atoms with van der Waals surface area (Å²) in [6, 6.07) is 16.9. The fraction of sp³-hybridized carbons (Fsp3) is 0.214. The molecule has 4 heterocycles. The van der Waals surface area contributed by atoms with E-state index in [0.717, 1.165) is 11.1 Å². The summed E-state index contributed by atoms with van der Waals surface area (Å²) in [6.07, 6.45) is -2.85. The summed E-state index contributed by atoms with van der Waals surface area (Å²) in [7, 11) is 1.54. The Morgan fingerprint density at radius 1 is 0.895 bits per heavy atom. The molecule has 0 radical (unpaired) electrons. The van der Waals surface area contributed by atoms with Gasteiger partial charge in [-0.15, -0.1) is 0 Å². The Morgan fingerprint density at radius 3 is 2.37 bits per heavy atom. The van der Waals surface area contributed by atoms with Crippen molar-refractivity contribution < 1.29 is 17.9 Å². The second kappa shape index (κ2) is 9.21. The molecule has 5 aromatic rings. The van der Waals surface area contributed by atoms with Gasteiger partial charge in [0.05, 0.1) is 29.4 Å². The number of H-pyrrole nitrogens is 1. The third kappa shape index (κ3) is 4.16. The molecular weight excluding hydrogens is 495 g/mol. The number of methoxy groups -OCH3 is 1. The maximum absolute atomic E-state index is 14.2. The van der Waals surface area contributed by atoms with Gasteiger partial charge in [-0.25, -0.2) is 4.98 Å². The minimum atomic E-state index is -4.53. The van der Waals surface area contributed by atoms with Gasteiger partial charge in [0.1, 0.15) is 5.52 Å². The molecule has 0 aliphatic carbocycles. The summed E-state index contributed by atoms with van der Waals surface area (Å²) in [4.78, 5) is 21.8. The van der Waals surface area contributed by atoms with Gasteiger partial charge in [0.15, 0.2) is 0 Å². The Hall–Kier alpha value is -4.31. The molecule has 0 atom stereocenters. The lowest BCUT2D eigenvalue weighted by atomic mass is 10.0. The van der Waals surface area contributed by atoms with Gasteiger partial charge in [-0.3, -0.25) is 4.79 Å². The van der Waals surface area contributed by atoms with Crippen molar-refractivity contribution in [3.05, 3.63) is 82.8 Å². The number of nitrogens with one attached hydrogen (secondary N) is 2. The molecule has 2 aromatic carbocycles. The third-order valence-corrected chi connectivity index (χ3v) is 6.93. The minimum Gasteiger partial charge on any atom is -0.481 e. The number of benzene rings is 2. The lowest BCUT2D eigenvalue weighted by Crippen LogP contribution is -2.44. The Labute approximate surface area is 215 Å². The van der Waals surface area contributed by atoms with Crippen molar-refractivity contribution in [2.75, 3.05) is 38.2 Å². The number of aromatic amines is 1. The second-order valence-corrected chi connectivity index (χ2v) is 9.18. The number of aromatic nitrogens is 3. The fourth-order valence-electron chi connectivity index (χ4n) is 5.06. The van der Waals surface area contributed by atoms with E-state index < -0.39 is 11.7 Å². The molecule has 0 amide bonds. The van der Waals surface area contributed by atoms with Crippen LogP contribution in [0.1, 0.15) is 5.56 Å². The number of pyridine rings is 1. The number of nitrogens with zero attached hydrogens (tertiary/aromatic N) is 3. The maximum atomic E-state index is 14.2. The fourth-order valence-corrected chi connectivity index (χ4v) is 5.06. The highest BCUT2D eigenvalue weighted by Crippen LogP contribution is 2.40. The molecule has 1 fully saturated rings. The normalized spacial score (nSPS) is 14.4. The molecule has 7 nitrogen and oxygen atoms in total. The van der Waals surface area contributed by atoms with Gasteiger partial charge in [-0.1, -0.05) is 12.1 Å². The van der Waals surface area contributed by atoms with Crippen molar-refractivity contribution in [3.63, 3.8) is 0 Å². The molecule has 38 heavy (non-hydrogen) atoms. The van der Waals surface area contributed by atoms with Crippen LogP contribution in [0.3, 0.4) is 0 Å². The molecule has 2 N–H and O–H groups in total. The highest BCUT2D eigenvalue weighted by atomic mass is 19.4. The second-order valence-electron chi connectivity index (χ2n) is 9.18. The van der Waals surface area contributed by atoms with Gasteiger partial charge < -0.3 is 24.3 Å². The average molecular weight is 520 g/mol. The first-order valence-electron chi connectivity index (χ1n) is 12.2. The van der Waals surface area contributed by atoms with E-state index in [9.17, 15) is 18.0 Å². The Morgan fingerprint density at radius 2 is 1.66 bits per heavy atom. The number of halogens is 3. The van der Waals surface area contributed by atoms with E-state index in [-0.39, 0.29) is 11.2 Å². The van der Waals surface area contributed by atoms with Gasteiger partial charge >= 0.3 is 6.18 Å². The standard InChI is InChI=1S/C28H24F3N5O2/c1-38-26-9-4-19(16-33-26)17-2-5-21-25(15-17)36-22(7-8-24(36)27(37)34-21)18-3-6-23(20(14-18)28(29,30)31)35-12-10-32-11-13-35/h2-9,14-16,32H,10-13H2,1H3,(H,34,37). The van der Waals surface area contributed by atoms with Crippen LogP contribution >= 0.6 is 0 Å². The summed E-state index contributed by atoms with van der Waals surface area (Å²) in [5.41, 5.74) is 3.27. The first kappa shape index (κ1) is 24.1. The zero-order valence-corrected chi connectivity index (χ0v) is 20.5. The van der Waals surface area contributed by atoms with Gasteiger partial charge in [-0.2, -0.15) is 13.2 Å². The predicted molar refractivity (Wildman–Crippen MR) is 141 cm³/mol. The van der Waals surface area contributed by atoms with E-state index in [1.54, 1.807) is 52.9 Å². The number of hydrogen-bond acceptors (Lipinski definition) is 5. The van der Waals surface area contributed by atoms with Gasteiger partial charge in [-0.05, 0) is 53.6 Å². The zero-order chi connectivity index (χ0) is 26.4. The third-order valence-electron chi connectivity index (χ3n) is 6.93. The van der Waals surface area contributed by atoms with Crippen molar-refractivity contribution in [1.29, 1.82) is 0 Å². The summed E-state index contributed by atoms with van der Waals surface area (Å²) in [6.45, 7) is 2.26.